The minimum Gasteiger partial charge on any atom is -0.369 e. The van der Waals surface area contributed by atoms with Crippen LogP contribution in [0, 0.1) is 0 Å². The quantitative estimate of drug-likeness (QED) is 0.631. The number of guanidine groups is 1. The van der Waals surface area contributed by atoms with Crippen molar-refractivity contribution in [3.8, 4) is 0 Å². The summed E-state index contributed by atoms with van der Waals surface area (Å²) >= 11 is 12.9. The highest BCUT2D eigenvalue weighted by atomic mass is 35.5. The van der Waals surface area contributed by atoms with E-state index < -0.39 is 0 Å². The Kier molecular flexibility index (Phi) is 4.47. The van der Waals surface area contributed by atoms with Gasteiger partial charge in [0.05, 0.1) is 30.5 Å². The number of hydrogen-bond donors (Lipinski definition) is 2. The second-order valence-corrected chi connectivity index (χ2v) is 7.10. The molecular formula is C16H20Cl2N4O2. The number of benzene rings is 1. The van der Waals surface area contributed by atoms with Crippen molar-refractivity contribution in [3.05, 3.63) is 27.2 Å². The van der Waals surface area contributed by atoms with Crippen molar-refractivity contribution in [3.63, 3.8) is 0 Å². The zero-order valence-corrected chi connectivity index (χ0v) is 14.7. The number of hydrogen-bond acceptors (Lipinski definition) is 4. The van der Waals surface area contributed by atoms with E-state index in [0.717, 1.165) is 36.5 Å². The molecule has 1 aromatic rings. The molecule has 24 heavy (non-hydrogen) atoms. The van der Waals surface area contributed by atoms with Crippen LogP contribution in [0.15, 0.2) is 11.1 Å². The fourth-order valence-corrected chi connectivity index (χ4v) is 4.43. The highest BCUT2D eigenvalue weighted by Gasteiger charge is 2.36. The monoisotopic (exact) mass is 370 g/mol. The van der Waals surface area contributed by atoms with Crippen molar-refractivity contribution < 1.29 is 9.47 Å². The average molecular weight is 371 g/mol. The van der Waals surface area contributed by atoms with Crippen LogP contribution in [-0.4, -0.2) is 38.6 Å². The molecule has 1 fully saturated rings. The lowest BCUT2D eigenvalue weighted by Crippen LogP contribution is -2.46. The van der Waals surface area contributed by atoms with Gasteiger partial charge in [-0.25, -0.2) is 4.99 Å². The number of aliphatic imine (C=N–C) groups is 1. The Bertz CT molecular complexity index is 677. The molecule has 0 amide bonds. The lowest BCUT2D eigenvalue weighted by Gasteiger charge is -2.23. The molecule has 1 atom stereocenters. The summed E-state index contributed by atoms with van der Waals surface area (Å²) in [5, 5.41) is 3.40. The average Bonchev–Trinajstić information content (AvgIpc) is 3.18. The van der Waals surface area contributed by atoms with Crippen LogP contribution in [0.4, 0.5) is 5.69 Å². The molecule has 8 heteroatoms. The Balaban J connectivity index is 1.54. The van der Waals surface area contributed by atoms with E-state index in [-0.39, 0.29) is 6.29 Å². The molecule has 0 bridgehead atoms. The molecule has 130 valence electrons. The molecular weight excluding hydrogens is 351 g/mol. The standard InChI is InChI=1S/C16H20Cl2N4O2/c17-11-6-12(18)15-14-9(2-1-3-10(11)14)8-22(15)21-16(19)20-7-13-23-4-5-24-13/h6,9,13H,1-5,7-8H2,(H3,19,20,21). The molecule has 2 heterocycles. The number of nitrogens with zero attached hydrogens (tertiary/aromatic N) is 2. The number of hydrazine groups is 1. The smallest absolute Gasteiger partial charge is 0.208 e. The molecule has 0 saturated carbocycles. The van der Waals surface area contributed by atoms with Gasteiger partial charge in [0.2, 0.25) is 5.96 Å². The maximum atomic E-state index is 6.47. The Morgan fingerprint density at radius 2 is 2.12 bits per heavy atom. The minimum atomic E-state index is -0.306. The third-order valence-corrected chi connectivity index (χ3v) is 5.39. The number of rotatable bonds is 3. The van der Waals surface area contributed by atoms with E-state index in [1.807, 2.05) is 11.1 Å². The molecule has 0 radical (unpaired) electrons. The maximum absolute atomic E-state index is 6.47. The van der Waals surface area contributed by atoms with Crippen LogP contribution in [-0.2, 0) is 15.9 Å². The van der Waals surface area contributed by atoms with Crippen molar-refractivity contribution in [1.29, 1.82) is 0 Å². The third-order valence-electron chi connectivity index (χ3n) is 4.76. The summed E-state index contributed by atoms with van der Waals surface area (Å²) in [6, 6.07) is 1.83. The van der Waals surface area contributed by atoms with Gasteiger partial charge >= 0.3 is 0 Å². The van der Waals surface area contributed by atoms with Gasteiger partial charge in [-0.2, -0.15) is 0 Å². The zero-order valence-electron chi connectivity index (χ0n) is 13.2. The van der Waals surface area contributed by atoms with Gasteiger partial charge in [0.15, 0.2) is 6.29 Å². The van der Waals surface area contributed by atoms with Gasteiger partial charge in [-0.15, -0.1) is 0 Å². The van der Waals surface area contributed by atoms with Crippen LogP contribution in [0.5, 0.6) is 0 Å². The Morgan fingerprint density at radius 3 is 2.92 bits per heavy atom. The summed E-state index contributed by atoms with van der Waals surface area (Å²) in [7, 11) is 0. The Hall–Kier alpha value is -1.21. The number of anilines is 1. The first-order valence-corrected chi connectivity index (χ1v) is 8.97. The molecule has 1 saturated heterocycles. The molecule has 4 rings (SSSR count). The Morgan fingerprint density at radius 1 is 1.33 bits per heavy atom. The van der Waals surface area contributed by atoms with E-state index in [9.17, 15) is 0 Å². The predicted molar refractivity (Wildman–Crippen MR) is 94.8 cm³/mol. The minimum absolute atomic E-state index is 0.306. The van der Waals surface area contributed by atoms with Gasteiger partial charge in [0, 0.05) is 17.5 Å². The normalized spacial score (nSPS) is 23.7. The first kappa shape index (κ1) is 16.3. The summed E-state index contributed by atoms with van der Waals surface area (Å²) in [5.74, 6) is 0.759. The van der Waals surface area contributed by atoms with Crippen LogP contribution >= 0.6 is 23.2 Å². The van der Waals surface area contributed by atoms with E-state index in [2.05, 4.69) is 10.4 Å². The molecule has 0 spiro atoms. The number of nitrogens with one attached hydrogen (secondary N) is 1. The van der Waals surface area contributed by atoms with Gasteiger partial charge in [-0.3, -0.25) is 10.4 Å². The second-order valence-electron chi connectivity index (χ2n) is 6.29. The summed E-state index contributed by atoms with van der Waals surface area (Å²) in [5.41, 5.74) is 12.7. The van der Waals surface area contributed by atoms with Crippen LogP contribution in [0.3, 0.4) is 0 Å². The van der Waals surface area contributed by atoms with Crippen molar-refractivity contribution in [2.45, 2.75) is 31.5 Å². The van der Waals surface area contributed by atoms with E-state index in [1.165, 1.54) is 11.1 Å². The first-order valence-electron chi connectivity index (χ1n) is 8.21. The van der Waals surface area contributed by atoms with Gasteiger partial charge in [0.1, 0.15) is 0 Å². The van der Waals surface area contributed by atoms with Gasteiger partial charge in [-0.1, -0.05) is 23.2 Å². The molecule has 6 nitrogen and oxygen atoms in total. The highest BCUT2D eigenvalue weighted by Crippen LogP contribution is 2.49. The second kappa shape index (κ2) is 6.59. The molecule has 1 aliphatic carbocycles. The van der Waals surface area contributed by atoms with Crippen LogP contribution in [0.1, 0.15) is 29.9 Å². The summed E-state index contributed by atoms with van der Waals surface area (Å²) in [4.78, 5) is 4.30. The lowest BCUT2D eigenvalue weighted by molar-refractivity contribution is -0.0327. The van der Waals surface area contributed by atoms with Gasteiger partial charge in [0.25, 0.3) is 0 Å². The molecule has 1 unspecified atom stereocenters. The Labute approximate surface area is 150 Å². The topological polar surface area (TPSA) is 72.1 Å². The van der Waals surface area contributed by atoms with Crippen molar-refractivity contribution in [2.75, 3.05) is 31.3 Å². The summed E-state index contributed by atoms with van der Waals surface area (Å²) < 4.78 is 10.7. The first-order chi connectivity index (χ1) is 11.6. The molecule has 3 N–H and O–H groups in total. The molecule has 1 aromatic carbocycles. The van der Waals surface area contributed by atoms with Crippen LogP contribution < -0.4 is 16.2 Å². The van der Waals surface area contributed by atoms with Gasteiger partial charge < -0.3 is 15.2 Å². The predicted octanol–water partition coefficient (Wildman–Crippen LogP) is 2.43. The summed E-state index contributed by atoms with van der Waals surface area (Å²) in [6.07, 6.45) is 2.98. The van der Waals surface area contributed by atoms with Crippen LogP contribution in [0.2, 0.25) is 10.0 Å². The largest absolute Gasteiger partial charge is 0.369 e. The van der Waals surface area contributed by atoms with Crippen molar-refractivity contribution in [2.24, 2.45) is 10.7 Å². The molecule has 0 aromatic heterocycles. The van der Waals surface area contributed by atoms with E-state index in [1.54, 1.807) is 0 Å². The lowest BCUT2D eigenvalue weighted by atomic mass is 9.84. The molecule has 2 aliphatic heterocycles. The summed E-state index contributed by atoms with van der Waals surface area (Å²) in [6.45, 7) is 2.40. The fraction of sp³-hybridized carbons (Fsp3) is 0.562. The van der Waals surface area contributed by atoms with E-state index >= 15 is 0 Å². The van der Waals surface area contributed by atoms with Crippen molar-refractivity contribution >= 4 is 34.8 Å². The third kappa shape index (κ3) is 2.92. The van der Waals surface area contributed by atoms with Crippen LogP contribution in [0.25, 0.3) is 0 Å². The fourth-order valence-electron chi connectivity index (χ4n) is 3.76. The highest BCUT2D eigenvalue weighted by molar-refractivity contribution is 6.37. The zero-order chi connectivity index (χ0) is 16.7. The van der Waals surface area contributed by atoms with Gasteiger partial charge in [-0.05, 0) is 36.5 Å². The SMILES string of the molecule is NC(=NCC1OCCO1)NN1CC2CCCc3c(Cl)cc(Cl)c1c32. The van der Waals surface area contributed by atoms with E-state index in [4.69, 9.17) is 38.4 Å². The maximum Gasteiger partial charge on any atom is 0.208 e. The van der Waals surface area contributed by atoms with Crippen molar-refractivity contribution in [1.82, 2.24) is 5.43 Å². The molecule has 3 aliphatic rings. The number of halogens is 2. The number of nitrogens with two attached hydrogens (primary N) is 1. The number of ether oxygens (including phenoxy) is 2. The van der Waals surface area contributed by atoms with E-state index in [0.29, 0.717) is 36.7 Å².